The van der Waals surface area contributed by atoms with E-state index in [0.29, 0.717) is 49.6 Å². The molecule has 9 nitrogen and oxygen atoms in total. The number of halogens is 3. The van der Waals surface area contributed by atoms with E-state index < -0.39 is 17.5 Å². The summed E-state index contributed by atoms with van der Waals surface area (Å²) in [6.45, 7) is 0.148. The van der Waals surface area contributed by atoms with Gasteiger partial charge in [-0.15, -0.1) is 5.10 Å². The number of fused-ring (bicyclic) bond motifs is 2. The standard InChI is InChI=1S/C31H24F3N3O6S/c1-39-20-12-26(21-14-28(43-27(21)13-20)23-15-37-29(35-23)44-30(36-37)41-3)42-16-18-6-4-5-17(9-18)10-24(38)19-7-8-25(40-2)22(11-19)31(32,33)34/h4-9,11-15H,10,16H2,1-3H3. The predicted molar refractivity (Wildman–Crippen MR) is 156 cm³/mol. The summed E-state index contributed by atoms with van der Waals surface area (Å²) < 4.78 is 69.6. The van der Waals surface area contributed by atoms with Crippen molar-refractivity contribution in [2.75, 3.05) is 21.3 Å². The number of methoxy groups -OCH3 is 3. The smallest absolute Gasteiger partial charge is 0.419 e. The molecule has 0 unspecified atom stereocenters. The van der Waals surface area contributed by atoms with Crippen LogP contribution in [0.3, 0.4) is 0 Å². The van der Waals surface area contributed by atoms with E-state index in [0.717, 1.165) is 24.8 Å². The third-order valence-corrected chi connectivity index (χ3v) is 7.72. The van der Waals surface area contributed by atoms with E-state index in [1.165, 1.54) is 24.5 Å². The summed E-state index contributed by atoms with van der Waals surface area (Å²) in [5.74, 6) is 0.760. The van der Waals surface area contributed by atoms with Gasteiger partial charge in [-0.2, -0.15) is 13.2 Å². The van der Waals surface area contributed by atoms with Crippen LogP contribution in [-0.2, 0) is 19.2 Å². The fraction of sp³-hybridized carbons (Fsp3) is 0.194. The minimum absolute atomic E-state index is 0.0539. The Morgan fingerprint density at radius 1 is 0.955 bits per heavy atom. The number of nitrogens with zero attached hydrogens (tertiary/aromatic N) is 3. The zero-order valence-electron chi connectivity index (χ0n) is 23.6. The molecule has 3 aromatic carbocycles. The van der Waals surface area contributed by atoms with Crippen LogP contribution < -0.4 is 18.9 Å². The van der Waals surface area contributed by atoms with Crippen molar-refractivity contribution in [1.82, 2.24) is 14.6 Å². The van der Waals surface area contributed by atoms with Crippen LogP contribution in [-0.4, -0.2) is 41.7 Å². The van der Waals surface area contributed by atoms with Gasteiger partial charge in [0.2, 0.25) is 4.96 Å². The third-order valence-electron chi connectivity index (χ3n) is 6.84. The Morgan fingerprint density at radius 3 is 2.50 bits per heavy atom. The van der Waals surface area contributed by atoms with Crippen molar-refractivity contribution in [3.63, 3.8) is 0 Å². The van der Waals surface area contributed by atoms with Crippen LogP contribution in [0.1, 0.15) is 27.0 Å². The molecule has 0 amide bonds. The quantitative estimate of drug-likeness (QED) is 0.147. The first-order valence-electron chi connectivity index (χ1n) is 13.2. The lowest BCUT2D eigenvalue weighted by Gasteiger charge is -2.13. The van der Waals surface area contributed by atoms with Crippen LogP contribution in [0.25, 0.3) is 27.4 Å². The molecule has 0 radical (unpaired) electrons. The Balaban J connectivity index is 1.21. The third kappa shape index (κ3) is 5.78. The molecule has 0 aliphatic heterocycles. The first-order chi connectivity index (χ1) is 21.1. The first-order valence-corrected chi connectivity index (χ1v) is 14.0. The summed E-state index contributed by atoms with van der Waals surface area (Å²) in [5.41, 5.74) is 1.46. The molecule has 6 rings (SSSR count). The molecule has 13 heteroatoms. The zero-order chi connectivity index (χ0) is 31.0. The van der Waals surface area contributed by atoms with Gasteiger partial charge >= 0.3 is 6.18 Å². The van der Waals surface area contributed by atoms with Gasteiger partial charge in [0.1, 0.15) is 35.1 Å². The summed E-state index contributed by atoms with van der Waals surface area (Å²) in [6.07, 6.45) is -3.00. The number of furan rings is 1. The molecule has 0 bridgehead atoms. The van der Waals surface area contributed by atoms with Gasteiger partial charge in [-0.05, 0) is 46.7 Å². The molecule has 3 aromatic heterocycles. The number of ether oxygens (including phenoxy) is 4. The number of Topliss-reactive ketones (excluding diaryl/α,β-unsaturated/α-hetero) is 1. The highest BCUT2D eigenvalue weighted by atomic mass is 32.1. The Kier molecular flexibility index (Phi) is 7.64. The lowest BCUT2D eigenvalue weighted by Crippen LogP contribution is -2.11. The normalized spacial score (nSPS) is 11.7. The van der Waals surface area contributed by atoms with Crippen LogP contribution in [0, 0.1) is 0 Å². The van der Waals surface area contributed by atoms with Gasteiger partial charge in [0, 0.05) is 24.1 Å². The maximum atomic E-state index is 13.4. The van der Waals surface area contributed by atoms with Gasteiger partial charge in [-0.25, -0.2) is 9.50 Å². The van der Waals surface area contributed by atoms with E-state index >= 15 is 0 Å². The fourth-order valence-electron chi connectivity index (χ4n) is 4.71. The minimum atomic E-state index is -4.65. The Hall–Kier alpha value is -5.04. The Labute approximate surface area is 252 Å². The van der Waals surface area contributed by atoms with Gasteiger partial charge in [0.25, 0.3) is 5.19 Å². The average Bonchev–Trinajstić information content (AvgIpc) is 3.72. The molecular weight excluding hydrogens is 599 g/mol. The molecule has 0 atom stereocenters. The largest absolute Gasteiger partial charge is 0.496 e. The molecule has 0 N–H and O–H groups in total. The van der Waals surface area contributed by atoms with Crippen LogP contribution in [0.4, 0.5) is 13.2 Å². The maximum absolute atomic E-state index is 13.4. The van der Waals surface area contributed by atoms with Crippen molar-refractivity contribution in [3.05, 3.63) is 89.1 Å². The molecule has 44 heavy (non-hydrogen) atoms. The molecule has 0 fully saturated rings. The predicted octanol–water partition coefficient (Wildman–Crippen LogP) is 7.25. The van der Waals surface area contributed by atoms with Crippen molar-refractivity contribution in [3.8, 4) is 33.9 Å². The summed E-state index contributed by atoms with van der Waals surface area (Å²) in [5, 5.41) is 5.49. The number of imidazole rings is 1. The molecular formula is C31H24F3N3O6S. The maximum Gasteiger partial charge on any atom is 0.419 e. The number of alkyl halides is 3. The van der Waals surface area contributed by atoms with Crippen molar-refractivity contribution in [1.29, 1.82) is 0 Å². The highest BCUT2D eigenvalue weighted by Crippen LogP contribution is 2.38. The highest BCUT2D eigenvalue weighted by molar-refractivity contribution is 7.18. The Morgan fingerprint density at radius 2 is 1.77 bits per heavy atom. The molecule has 6 aromatic rings. The lowest BCUT2D eigenvalue weighted by molar-refractivity contribution is -0.138. The van der Waals surface area contributed by atoms with E-state index in [9.17, 15) is 18.0 Å². The zero-order valence-corrected chi connectivity index (χ0v) is 24.4. The monoisotopic (exact) mass is 623 g/mol. The second-order valence-corrected chi connectivity index (χ2v) is 10.6. The van der Waals surface area contributed by atoms with Gasteiger partial charge < -0.3 is 23.4 Å². The van der Waals surface area contributed by atoms with Crippen LogP contribution in [0.2, 0.25) is 0 Å². The number of hydrogen-bond donors (Lipinski definition) is 0. The number of carbonyl (C=O) groups excluding carboxylic acids is 1. The van der Waals surface area contributed by atoms with Gasteiger partial charge in [-0.1, -0.05) is 24.3 Å². The summed E-state index contributed by atoms with van der Waals surface area (Å²) >= 11 is 1.30. The molecule has 0 aliphatic rings. The van der Waals surface area contributed by atoms with Crippen LogP contribution >= 0.6 is 11.3 Å². The van der Waals surface area contributed by atoms with Gasteiger partial charge in [0.15, 0.2) is 11.5 Å². The minimum Gasteiger partial charge on any atom is -0.496 e. The van der Waals surface area contributed by atoms with E-state index in [1.807, 2.05) is 12.1 Å². The SMILES string of the molecule is COc1cc(OCc2cccc(CC(=O)c3ccc(OC)c(C(F)(F)F)c3)c2)c2cc(-c3cn4nc(OC)sc4n3)oc2c1. The number of ketones is 1. The molecule has 0 spiro atoms. The number of rotatable bonds is 10. The molecule has 0 saturated heterocycles. The van der Waals surface area contributed by atoms with Crippen molar-refractivity contribution in [2.45, 2.75) is 19.2 Å². The van der Waals surface area contributed by atoms with Crippen LogP contribution in [0.5, 0.6) is 22.4 Å². The molecule has 0 saturated carbocycles. The highest BCUT2D eigenvalue weighted by Gasteiger charge is 2.35. The van der Waals surface area contributed by atoms with E-state index in [1.54, 1.807) is 48.2 Å². The average molecular weight is 624 g/mol. The molecule has 226 valence electrons. The second-order valence-electron chi connectivity index (χ2n) is 9.69. The Bertz CT molecular complexity index is 1960. The van der Waals surface area contributed by atoms with Gasteiger partial charge in [0.05, 0.1) is 38.5 Å². The van der Waals surface area contributed by atoms with E-state index in [4.69, 9.17) is 23.4 Å². The lowest BCUT2D eigenvalue weighted by atomic mass is 9.99. The summed E-state index contributed by atoms with van der Waals surface area (Å²) in [6, 6.07) is 15.7. The van der Waals surface area contributed by atoms with Gasteiger partial charge in [-0.3, -0.25) is 4.79 Å². The van der Waals surface area contributed by atoms with Crippen molar-refractivity contribution >= 4 is 33.1 Å². The van der Waals surface area contributed by atoms with Crippen LogP contribution in [0.15, 0.2) is 71.3 Å². The summed E-state index contributed by atoms with van der Waals surface area (Å²) in [4.78, 5) is 18.1. The number of aromatic nitrogens is 3. The molecule has 0 aliphatic carbocycles. The first kappa shape index (κ1) is 29.1. The fourth-order valence-corrected chi connectivity index (χ4v) is 5.41. The second kappa shape index (κ2) is 11.6. The number of hydrogen-bond acceptors (Lipinski definition) is 9. The van der Waals surface area contributed by atoms with Crippen molar-refractivity contribution in [2.24, 2.45) is 0 Å². The topological polar surface area (TPSA) is 97.3 Å². The van der Waals surface area contributed by atoms with Crippen molar-refractivity contribution < 1.29 is 41.3 Å². The number of carbonyl (C=O) groups is 1. The van der Waals surface area contributed by atoms with E-state index in [-0.39, 0.29) is 24.3 Å². The van der Waals surface area contributed by atoms with E-state index in [2.05, 4.69) is 10.1 Å². The molecule has 3 heterocycles. The summed E-state index contributed by atoms with van der Waals surface area (Å²) in [7, 11) is 4.24. The number of benzene rings is 3.